The average Bonchev–Trinajstić information content (AvgIpc) is 3.29. The lowest BCUT2D eigenvalue weighted by Gasteiger charge is -2.24. The number of rotatable bonds is 7. The minimum Gasteiger partial charge on any atom is -0.504 e. The van der Waals surface area contributed by atoms with Crippen LogP contribution in [0, 0.1) is 5.41 Å². The van der Waals surface area contributed by atoms with Crippen molar-refractivity contribution in [3.05, 3.63) is 29.8 Å². The van der Waals surface area contributed by atoms with E-state index in [4.69, 9.17) is 9.47 Å². The number of phenolic OH excluding ortho intramolecular Hbond substituents is 1. The molecule has 2 fully saturated rings. The van der Waals surface area contributed by atoms with Crippen LogP contribution in [0.4, 0.5) is 0 Å². The first kappa shape index (κ1) is 18.5. The van der Waals surface area contributed by atoms with Gasteiger partial charge in [0.2, 0.25) is 0 Å². The molecule has 3 rings (SSSR count). The first-order valence-electron chi connectivity index (χ1n) is 9.04. The Balaban J connectivity index is 1.74. The Kier molecular flexibility index (Phi) is 5.61. The highest BCUT2D eigenvalue weighted by Crippen LogP contribution is 2.36. The second-order valence-electron chi connectivity index (χ2n) is 6.90. The molecule has 0 bridgehead atoms. The summed E-state index contributed by atoms with van der Waals surface area (Å²) in [4.78, 5) is 27.5. The van der Waals surface area contributed by atoms with E-state index < -0.39 is 11.4 Å². The Morgan fingerprint density at radius 1 is 1.38 bits per heavy atom. The minimum atomic E-state index is -1.07. The molecule has 2 aliphatic rings. The maximum Gasteiger partial charge on any atom is 0.320 e. The second kappa shape index (κ2) is 7.91. The summed E-state index contributed by atoms with van der Waals surface area (Å²) >= 11 is 0. The van der Waals surface area contributed by atoms with Crippen LogP contribution in [0.2, 0.25) is 0 Å². The summed E-state index contributed by atoms with van der Waals surface area (Å²) in [5, 5.41) is 9.65. The number of aromatic hydroxyl groups is 1. The second-order valence-corrected chi connectivity index (χ2v) is 6.90. The number of phenols is 1. The number of carbonyl (C=O) groups excluding carboxylic acids is 2. The third kappa shape index (κ3) is 3.75. The number of ether oxygens (including phenoxy) is 2. The average molecular weight is 359 g/mol. The molecule has 1 aromatic carbocycles. The van der Waals surface area contributed by atoms with E-state index in [2.05, 4.69) is 4.90 Å². The largest absolute Gasteiger partial charge is 0.504 e. The van der Waals surface area contributed by atoms with E-state index in [-0.39, 0.29) is 11.5 Å². The predicted molar refractivity (Wildman–Crippen MR) is 97.0 cm³/mol. The Morgan fingerprint density at radius 2 is 2.15 bits per heavy atom. The third-order valence-corrected chi connectivity index (χ3v) is 5.31. The number of hydrogen-bond acceptors (Lipinski definition) is 6. The number of hydrogen-bond donors (Lipinski definition) is 1. The number of likely N-dealkylation sites (tertiary alicyclic amines) is 1. The molecule has 0 amide bonds. The van der Waals surface area contributed by atoms with Crippen LogP contribution in [0.15, 0.2) is 24.3 Å². The number of esters is 1. The highest BCUT2D eigenvalue weighted by Gasteiger charge is 2.49. The summed E-state index contributed by atoms with van der Waals surface area (Å²) in [6.07, 6.45) is 6.37. The molecule has 6 heteroatoms. The van der Waals surface area contributed by atoms with Crippen molar-refractivity contribution in [2.75, 3.05) is 33.4 Å². The molecule has 6 nitrogen and oxygen atoms in total. The SMILES string of the molecule is COc1cc(/C=C/C(=O)C2(CCN3CCCC3)CCOC2=O)ccc1O. The zero-order valence-corrected chi connectivity index (χ0v) is 15.1. The van der Waals surface area contributed by atoms with Gasteiger partial charge in [-0.3, -0.25) is 9.59 Å². The molecule has 0 radical (unpaired) electrons. The van der Waals surface area contributed by atoms with Gasteiger partial charge in [-0.25, -0.2) is 0 Å². The van der Waals surface area contributed by atoms with Crippen molar-refractivity contribution in [1.82, 2.24) is 4.90 Å². The molecule has 1 unspecified atom stereocenters. The van der Waals surface area contributed by atoms with Gasteiger partial charge in [0.25, 0.3) is 0 Å². The van der Waals surface area contributed by atoms with Crippen LogP contribution >= 0.6 is 0 Å². The molecular weight excluding hydrogens is 334 g/mol. The van der Waals surface area contributed by atoms with Gasteiger partial charge in [0.15, 0.2) is 17.3 Å². The lowest BCUT2D eigenvalue weighted by atomic mass is 9.78. The smallest absolute Gasteiger partial charge is 0.320 e. The fourth-order valence-electron chi connectivity index (χ4n) is 3.62. The van der Waals surface area contributed by atoms with Gasteiger partial charge in [-0.15, -0.1) is 0 Å². The van der Waals surface area contributed by atoms with Crippen molar-refractivity contribution in [3.63, 3.8) is 0 Å². The number of ketones is 1. The van der Waals surface area contributed by atoms with Crippen molar-refractivity contribution in [2.24, 2.45) is 5.41 Å². The van der Waals surface area contributed by atoms with Crippen LogP contribution in [-0.2, 0) is 14.3 Å². The van der Waals surface area contributed by atoms with Gasteiger partial charge in [-0.05, 0) is 62.7 Å². The quantitative estimate of drug-likeness (QED) is 0.458. The van der Waals surface area contributed by atoms with E-state index in [0.717, 1.165) is 19.6 Å². The topological polar surface area (TPSA) is 76.1 Å². The monoisotopic (exact) mass is 359 g/mol. The number of carbonyl (C=O) groups is 2. The molecule has 0 saturated carbocycles. The fourth-order valence-corrected chi connectivity index (χ4v) is 3.62. The van der Waals surface area contributed by atoms with Gasteiger partial charge >= 0.3 is 5.97 Å². The van der Waals surface area contributed by atoms with Crippen molar-refractivity contribution in [3.8, 4) is 11.5 Å². The standard InChI is InChI=1S/C20H25NO5/c1-25-17-14-15(4-6-16(17)22)5-7-18(23)20(9-13-26-19(20)24)8-12-21-10-2-3-11-21/h4-7,14,22H,2-3,8-13H2,1H3/b7-5+. The maximum absolute atomic E-state index is 12.9. The number of nitrogens with zero attached hydrogens (tertiary/aromatic N) is 1. The molecule has 1 N–H and O–H groups in total. The number of methoxy groups -OCH3 is 1. The van der Waals surface area contributed by atoms with Crippen molar-refractivity contribution in [1.29, 1.82) is 0 Å². The molecule has 0 spiro atoms. The minimum absolute atomic E-state index is 0.0393. The van der Waals surface area contributed by atoms with Crippen molar-refractivity contribution < 1.29 is 24.2 Å². The van der Waals surface area contributed by atoms with Crippen LogP contribution in [0.1, 0.15) is 31.2 Å². The van der Waals surface area contributed by atoms with Gasteiger partial charge < -0.3 is 19.5 Å². The molecule has 1 atom stereocenters. The van der Waals surface area contributed by atoms with E-state index in [1.165, 1.54) is 32.1 Å². The highest BCUT2D eigenvalue weighted by molar-refractivity contribution is 6.11. The molecule has 26 heavy (non-hydrogen) atoms. The highest BCUT2D eigenvalue weighted by atomic mass is 16.5. The summed E-state index contributed by atoms with van der Waals surface area (Å²) in [5.41, 5.74) is -0.353. The van der Waals surface area contributed by atoms with Crippen LogP contribution in [0.5, 0.6) is 11.5 Å². The van der Waals surface area contributed by atoms with Crippen LogP contribution in [-0.4, -0.2) is 55.1 Å². The molecule has 1 aromatic rings. The molecule has 2 heterocycles. The predicted octanol–water partition coefficient (Wildman–Crippen LogP) is 2.40. The first-order chi connectivity index (χ1) is 12.5. The van der Waals surface area contributed by atoms with Crippen LogP contribution in [0.25, 0.3) is 6.08 Å². The fraction of sp³-hybridized carbons (Fsp3) is 0.500. The van der Waals surface area contributed by atoms with E-state index in [0.29, 0.717) is 30.8 Å². The van der Waals surface area contributed by atoms with Gasteiger partial charge in [-0.1, -0.05) is 12.1 Å². The van der Waals surface area contributed by atoms with Crippen molar-refractivity contribution >= 4 is 17.8 Å². The molecule has 140 valence electrons. The van der Waals surface area contributed by atoms with Crippen molar-refractivity contribution in [2.45, 2.75) is 25.7 Å². The van der Waals surface area contributed by atoms with E-state index >= 15 is 0 Å². The van der Waals surface area contributed by atoms with Gasteiger partial charge in [0, 0.05) is 6.42 Å². The van der Waals surface area contributed by atoms with Gasteiger partial charge in [-0.2, -0.15) is 0 Å². The molecule has 2 saturated heterocycles. The first-order valence-corrected chi connectivity index (χ1v) is 9.04. The maximum atomic E-state index is 12.9. The lowest BCUT2D eigenvalue weighted by molar-refractivity contribution is -0.150. The molecule has 0 aromatic heterocycles. The van der Waals surface area contributed by atoms with Crippen LogP contribution in [0.3, 0.4) is 0 Å². The summed E-state index contributed by atoms with van der Waals surface area (Å²) < 4.78 is 10.2. The Bertz CT molecular complexity index is 708. The normalized spacial score (nSPS) is 23.5. The van der Waals surface area contributed by atoms with Gasteiger partial charge in [0.1, 0.15) is 5.41 Å². The summed E-state index contributed by atoms with van der Waals surface area (Å²) in [6.45, 7) is 3.10. The third-order valence-electron chi connectivity index (χ3n) is 5.31. The zero-order valence-electron chi connectivity index (χ0n) is 15.1. The Labute approximate surface area is 153 Å². The summed E-state index contributed by atoms with van der Waals surface area (Å²) in [7, 11) is 1.47. The number of cyclic esters (lactones) is 1. The Morgan fingerprint density at radius 3 is 2.81 bits per heavy atom. The van der Waals surface area contributed by atoms with Gasteiger partial charge in [0.05, 0.1) is 13.7 Å². The zero-order chi connectivity index (χ0) is 18.6. The lowest BCUT2D eigenvalue weighted by Crippen LogP contribution is -2.38. The number of benzene rings is 1. The molecule has 0 aliphatic carbocycles. The molecular formula is C20H25NO5. The number of allylic oxidation sites excluding steroid dienone is 1. The summed E-state index contributed by atoms with van der Waals surface area (Å²) in [5.74, 6) is -0.248. The summed E-state index contributed by atoms with van der Waals surface area (Å²) in [6, 6.07) is 4.84. The van der Waals surface area contributed by atoms with E-state index in [1.807, 2.05) is 0 Å². The van der Waals surface area contributed by atoms with E-state index in [9.17, 15) is 14.7 Å². The van der Waals surface area contributed by atoms with Crippen LogP contribution < -0.4 is 4.74 Å². The van der Waals surface area contributed by atoms with E-state index in [1.54, 1.807) is 18.2 Å². The Hall–Kier alpha value is -2.34. The molecule has 2 aliphatic heterocycles.